The maximum atomic E-state index is 12.5. The molecule has 0 radical (unpaired) electrons. The normalized spacial score (nSPS) is 24.7. The summed E-state index contributed by atoms with van der Waals surface area (Å²) in [6.45, 7) is 2.63. The Kier molecular flexibility index (Phi) is 5.53. The van der Waals surface area contributed by atoms with Gasteiger partial charge in [0.15, 0.2) is 0 Å². The van der Waals surface area contributed by atoms with E-state index in [0.29, 0.717) is 48.5 Å². The topological polar surface area (TPSA) is 67.9 Å². The van der Waals surface area contributed by atoms with Crippen LogP contribution in [0.1, 0.15) is 22.5 Å². The molecule has 0 aromatic carbocycles. The molecule has 23 heavy (non-hydrogen) atoms. The van der Waals surface area contributed by atoms with E-state index >= 15 is 0 Å². The number of carbonyl (C=O) groups excluding carboxylic acids is 2. The molecule has 1 N–H and O–H groups in total. The van der Waals surface area contributed by atoms with Gasteiger partial charge >= 0.3 is 0 Å². The van der Waals surface area contributed by atoms with Crippen LogP contribution in [0.25, 0.3) is 0 Å². The fraction of sp³-hybridized carbons (Fsp3) is 0.600. The zero-order valence-electron chi connectivity index (χ0n) is 12.6. The Morgan fingerprint density at radius 2 is 2.26 bits per heavy atom. The van der Waals surface area contributed by atoms with E-state index in [0.717, 1.165) is 6.42 Å². The summed E-state index contributed by atoms with van der Waals surface area (Å²) in [5.74, 6) is -0.260. The van der Waals surface area contributed by atoms with Crippen molar-refractivity contribution < 1.29 is 19.1 Å². The zero-order valence-corrected chi connectivity index (χ0v) is 14.2. The lowest BCUT2D eigenvalue weighted by molar-refractivity contribution is -0.127. The van der Waals surface area contributed by atoms with Crippen LogP contribution in [0, 0.1) is 0 Å². The Labute approximate surface area is 143 Å². The minimum absolute atomic E-state index is 0.116. The Balaban J connectivity index is 1.57. The Morgan fingerprint density at radius 1 is 1.39 bits per heavy atom. The fourth-order valence-corrected chi connectivity index (χ4v) is 3.84. The predicted molar refractivity (Wildman–Crippen MR) is 87.0 cm³/mol. The monoisotopic (exact) mass is 358 g/mol. The fourth-order valence-electron chi connectivity index (χ4n) is 2.84. The van der Waals surface area contributed by atoms with Gasteiger partial charge in [-0.15, -0.1) is 11.3 Å². The number of ether oxygens (including phenoxy) is 2. The van der Waals surface area contributed by atoms with Gasteiger partial charge in [0.2, 0.25) is 5.91 Å². The maximum absolute atomic E-state index is 12.5. The molecule has 0 unspecified atom stereocenters. The molecule has 2 atom stereocenters. The van der Waals surface area contributed by atoms with Gasteiger partial charge in [0.25, 0.3) is 5.91 Å². The molecule has 2 fully saturated rings. The molecule has 2 aliphatic heterocycles. The Bertz CT molecular complexity index is 574. The number of rotatable bonds is 4. The number of thiophene rings is 1. The lowest BCUT2D eigenvalue weighted by atomic mass is 10.2. The van der Waals surface area contributed by atoms with Crippen molar-refractivity contribution in [3.63, 3.8) is 0 Å². The minimum atomic E-state index is -0.423. The molecule has 2 amide bonds. The molecule has 1 aromatic heterocycles. The highest BCUT2D eigenvalue weighted by Gasteiger charge is 2.35. The third kappa shape index (κ3) is 4.03. The number of hydrogen-bond donors (Lipinski definition) is 1. The van der Waals surface area contributed by atoms with Crippen molar-refractivity contribution >= 4 is 34.8 Å². The number of amides is 2. The summed E-state index contributed by atoms with van der Waals surface area (Å²) in [7, 11) is 0. The molecule has 1 aromatic rings. The van der Waals surface area contributed by atoms with Crippen LogP contribution in [0.2, 0.25) is 4.34 Å². The SMILES string of the molecule is O=C(NC[C@@H]1COCCO1)[C@@H]1CCCN1C(=O)c1ccc(Cl)s1. The second kappa shape index (κ2) is 7.61. The van der Waals surface area contributed by atoms with Gasteiger partial charge in [0.05, 0.1) is 35.1 Å². The Morgan fingerprint density at radius 3 is 2.96 bits per heavy atom. The van der Waals surface area contributed by atoms with E-state index < -0.39 is 6.04 Å². The van der Waals surface area contributed by atoms with E-state index in [1.165, 1.54) is 11.3 Å². The van der Waals surface area contributed by atoms with E-state index in [-0.39, 0.29) is 17.9 Å². The Hall–Kier alpha value is -1.15. The number of nitrogens with one attached hydrogen (secondary N) is 1. The van der Waals surface area contributed by atoms with Gasteiger partial charge in [-0.3, -0.25) is 9.59 Å². The molecule has 6 nitrogen and oxygen atoms in total. The van der Waals surface area contributed by atoms with Gasteiger partial charge in [0, 0.05) is 13.1 Å². The molecule has 2 aliphatic rings. The van der Waals surface area contributed by atoms with Crippen molar-refractivity contribution in [2.45, 2.75) is 25.0 Å². The van der Waals surface area contributed by atoms with Gasteiger partial charge in [-0.05, 0) is 25.0 Å². The van der Waals surface area contributed by atoms with Crippen LogP contribution in [-0.4, -0.2) is 61.8 Å². The van der Waals surface area contributed by atoms with Gasteiger partial charge in [-0.25, -0.2) is 0 Å². The van der Waals surface area contributed by atoms with E-state index in [4.69, 9.17) is 21.1 Å². The quantitative estimate of drug-likeness (QED) is 0.886. The second-order valence-corrected chi connectivity index (χ2v) is 7.29. The highest BCUT2D eigenvalue weighted by molar-refractivity contribution is 7.17. The van der Waals surface area contributed by atoms with Crippen LogP contribution in [0.15, 0.2) is 12.1 Å². The first-order valence-corrected chi connectivity index (χ1v) is 8.88. The smallest absolute Gasteiger partial charge is 0.264 e. The first-order valence-electron chi connectivity index (χ1n) is 7.68. The van der Waals surface area contributed by atoms with Crippen LogP contribution < -0.4 is 5.32 Å². The van der Waals surface area contributed by atoms with Gasteiger partial charge in [0.1, 0.15) is 6.04 Å². The molecular formula is C15H19ClN2O4S. The summed E-state index contributed by atoms with van der Waals surface area (Å²) >= 11 is 7.13. The van der Waals surface area contributed by atoms with Gasteiger partial charge < -0.3 is 19.7 Å². The van der Waals surface area contributed by atoms with E-state index in [2.05, 4.69) is 5.32 Å². The zero-order chi connectivity index (χ0) is 16.2. The van der Waals surface area contributed by atoms with Crippen LogP contribution in [0.3, 0.4) is 0 Å². The number of likely N-dealkylation sites (tertiary alicyclic amines) is 1. The summed E-state index contributed by atoms with van der Waals surface area (Å²) in [4.78, 5) is 27.2. The number of nitrogens with zero attached hydrogens (tertiary/aromatic N) is 1. The average Bonchev–Trinajstić information content (AvgIpc) is 3.22. The maximum Gasteiger partial charge on any atom is 0.264 e. The third-order valence-electron chi connectivity index (χ3n) is 3.99. The molecule has 0 aliphatic carbocycles. The largest absolute Gasteiger partial charge is 0.376 e. The summed E-state index contributed by atoms with van der Waals surface area (Å²) in [5.41, 5.74) is 0. The van der Waals surface area contributed by atoms with Crippen LogP contribution in [-0.2, 0) is 14.3 Å². The highest BCUT2D eigenvalue weighted by Crippen LogP contribution is 2.26. The minimum Gasteiger partial charge on any atom is -0.376 e. The standard InChI is InChI=1S/C15H19ClN2O4S/c16-13-4-3-12(23-13)15(20)18-5-1-2-11(18)14(19)17-8-10-9-21-6-7-22-10/h3-4,10-11H,1-2,5-9H2,(H,17,19)/t10-,11+/m1/s1. The molecule has 0 saturated carbocycles. The van der Waals surface area contributed by atoms with E-state index in [1.54, 1.807) is 17.0 Å². The molecule has 3 rings (SSSR count). The first-order chi connectivity index (χ1) is 11.1. The number of carbonyl (C=O) groups is 2. The van der Waals surface area contributed by atoms with Crippen molar-refractivity contribution in [1.82, 2.24) is 10.2 Å². The van der Waals surface area contributed by atoms with E-state index in [1.807, 2.05) is 0 Å². The number of halogens is 1. The van der Waals surface area contributed by atoms with Crippen molar-refractivity contribution in [3.8, 4) is 0 Å². The van der Waals surface area contributed by atoms with Crippen molar-refractivity contribution in [2.75, 3.05) is 32.9 Å². The van der Waals surface area contributed by atoms with E-state index in [9.17, 15) is 9.59 Å². The third-order valence-corrected chi connectivity index (χ3v) is 5.21. The summed E-state index contributed by atoms with van der Waals surface area (Å²) in [6, 6.07) is 2.98. The van der Waals surface area contributed by atoms with Crippen molar-refractivity contribution in [3.05, 3.63) is 21.3 Å². The summed E-state index contributed by atoms with van der Waals surface area (Å²) in [5, 5.41) is 2.88. The molecule has 126 valence electrons. The molecule has 0 spiro atoms. The molecule has 3 heterocycles. The first kappa shape index (κ1) is 16.7. The van der Waals surface area contributed by atoms with Crippen LogP contribution >= 0.6 is 22.9 Å². The van der Waals surface area contributed by atoms with Crippen molar-refractivity contribution in [2.24, 2.45) is 0 Å². The summed E-state index contributed by atoms with van der Waals surface area (Å²) < 4.78 is 11.4. The second-order valence-electron chi connectivity index (χ2n) is 5.57. The van der Waals surface area contributed by atoms with Crippen LogP contribution in [0.4, 0.5) is 0 Å². The van der Waals surface area contributed by atoms with Crippen LogP contribution in [0.5, 0.6) is 0 Å². The molecule has 0 bridgehead atoms. The molecule has 2 saturated heterocycles. The average molecular weight is 359 g/mol. The predicted octanol–water partition coefficient (Wildman–Crippen LogP) is 1.54. The molecular weight excluding hydrogens is 340 g/mol. The molecule has 8 heteroatoms. The van der Waals surface area contributed by atoms with Gasteiger partial charge in [-0.2, -0.15) is 0 Å². The van der Waals surface area contributed by atoms with Crippen molar-refractivity contribution in [1.29, 1.82) is 0 Å². The number of hydrogen-bond acceptors (Lipinski definition) is 5. The highest BCUT2D eigenvalue weighted by atomic mass is 35.5. The lowest BCUT2D eigenvalue weighted by Crippen LogP contribution is -2.48. The summed E-state index contributed by atoms with van der Waals surface area (Å²) in [6.07, 6.45) is 1.39. The lowest BCUT2D eigenvalue weighted by Gasteiger charge is -2.26. The van der Waals surface area contributed by atoms with Gasteiger partial charge in [-0.1, -0.05) is 11.6 Å².